The Hall–Kier alpha value is -2.51. The van der Waals surface area contributed by atoms with Gasteiger partial charge in [0.15, 0.2) is 17.3 Å². The average molecular weight is 435 g/mol. The van der Waals surface area contributed by atoms with Gasteiger partial charge in [0.25, 0.3) is 10.0 Å². The van der Waals surface area contributed by atoms with Crippen molar-refractivity contribution in [3.63, 3.8) is 0 Å². The molecule has 0 amide bonds. The highest BCUT2D eigenvalue weighted by Gasteiger charge is 2.23. The number of benzene rings is 2. The van der Waals surface area contributed by atoms with Gasteiger partial charge in [-0.1, -0.05) is 43.6 Å². The van der Waals surface area contributed by atoms with Gasteiger partial charge in [-0.2, -0.15) is 0 Å². The monoisotopic (exact) mass is 434 g/mol. The Morgan fingerprint density at radius 1 is 1.14 bits per heavy atom. The second-order valence-corrected chi connectivity index (χ2v) is 9.01. The van der Waals surface area contributed by atoms with E-state index in [-0.39, 0.29) is 10.7 Å². The molecule has 8 heteroatoms. The molecule has 2 aromatic carbocycles. The van der Waals surface area contributed by atoms with Crippen LogP contribution in [0.2, 0.25) is 5.02 Å². The van der Waals surface area contributed by atoms with Crippen molar-refractivity contribution in [2.45, 2.75) is 25.7 Å². The second-order valence-electron chi connectivity index (χ2n) is 6.79. The van der Waals surface area contributed by atoms with Crippen LogP contribution in [0, 0.1) is 5.92 Å². The number of aromatic nitrogens is 2. The fourth-order valence-corrected chi connectivity index (χ4v) is 4.33. The maximum absolute atomic E-state index is 13.1. The molecule has 0 radical (unpaired) electrons. The third-order valence-corrected chi connectivity index (χ3v) is 6.00. The predicted molar refractivity (Wildman–Crippen MR) is 113 cm³/mol. The molecule has 0 aliphatic carbocycles. The number of halogens is 1. The van der Waals surface area contributed by atoms with E-state index in [1.165, 1.54) is 12.4 Å². The molecule has 0 spiro atoms. The Balaban J connectivity index is 2.08. The lowest BCUT2D eigenvalue weighted by Crippen LogP contribution is -2.13. The fraction of sp³-hybridized carbons (Fsp3) is 0.286. The van der Waals surface area contributed by atoms with Gasteiger partial charge in [0.2, 0.25) is 0 Å². The van der Waals surface area contributed by atoms with Crippen LogP contribution in [0.15, 0.2) is 59.8 Å². The zero-order chi connectivity index (χ0) is 21.0. The molecule has 1 heterocycles. The molecule has 0 unspecified atom stereocenters. The molecule has 0 atom stereocenters. The van der Waals surface area contributed by atoms with Crippen LogP contribution in [0.5, 0.6) is 11.5 Å². The highest BCUT2D eigenvalue weighted by molar-refractivity contribution is 7.90. The molecule has 0 saturated carbocycles. The van der Waals surface area contributed by atoms with E-state index in [2.05, 4.69) is 4.98 Å². The molecule has 0 aliphatic heterocycles. The first-order valence-electron chi connectivity index (χ1n) is 9.28. The summed E-state index contributed by atoms with van der Waals surface area (Å²) in [7, 11) is -3.81. The number of hydrogen-bond acceptors (Lipinski definition) is 5. The Morgan fingerprint density at radius 2 is 1.86 bits per heavy atom. The summed E-state index contributed by atoms with van der Waals surface area (Å²) < 4.78 is 38.8. The molecule has 0 aliphatic rings. The Labute approximate surface area is 176 Å². The number of hydrogen-bond donors (Lipinski definition) is 0. The Kier molecular flexibility index (Phi) is 6.49. The topological polar surface area (TPSA) is 70.4 Å². The van der Waals surface area contributed by atoms with E-state index < -0.39 is 10.0 Å². The second kappa shape index (κ2) is 8.88. The third kappa shape index (κ3) is 4.57. The first kappa shape index (κ1) is 21.2. The molecule has 0 fully saturated rings. The molecule has 1 aromatic heterocycles. The minimum Gasteiger partial charge on any atom is -0.490 e. The zero-order valence-corrected chi connectivity index (χ0v) is 18.1. The molecule has 29 heavy (non-hydrogen) atoms. The van der Waals surface area contributed by atoms with Crippen LogP contribution in [0.3, 0.4) is 0 Å². The van der Waals surface area contributed by atoms with Gasteiger partial charge in [-0.3, -0.25) is 0 Å². The Bertz CT molecular complexity index is 1080. The van der Waals surface area contributed by atoms with Gasteiger partial charge in [0, 0.05) is 18.0 Å². The van der Waals surface area contributed by atoms with Crippen LogP contribution in [0.1, 0.15) is 20.8 Å². The van der Waals surface area contributed by atoms with E-state index in [0.717, 1.165) is 3.97 Å². The normalized spacial score (nSPS) is 11.6. The highest BCUT2D eigenvalue weighted by Crippen LogP contribution is 2.40. The lowest BCUT2D eigenvalue weighted by Gasteiger charge is -2.17. The lowest BCUT2D eigenvalue weighted by molar-refractivity contribution is 0.248. The van der Waals surface area contributed by atoms with E-state index >= 15 is 0 Å². The smallest absolute Gasteiger partial charge is 0.269 e. The highest BCUT2D eigenvalue weighted by atomic mass is 35.5. The number of nitrogens with zero attached hydrogens (tertiary/aromatic N) is 2. The summed E-state index contributed by atoms with van der Waals surface area (Å²) in [6, 6.07) is 11.5. The van der Waals surface area contributed by atoms with Crippen LogP contribution >= 0.6 is 11.6 Å². The van der Waals surface area contributed by atoms with Crippen molar-refractivity contribution >= 4 is 21.6 Å². The first-order valence-corrected chi connectivity index (χ1v) is 11.1. The lowest BCUT2D eigenvalue weighted by atomic mass is 10.2. The van der Waals surface area contributed by atoms with E-state index in [0.29, 0.717) is 41.2 Å². The number of ether oxygens (including phenoxy) is 2. The Morgan fingerprint density at radius 3 is 2.52 bits per heavy atom. The van der Waals surface area contributed by atoms with Gasteiger partial charge in [0.1, 0.15) is 0 Å². The minimum atomic E-state index is -3.81. The van der Waals surface area contributed by atoms with Gasteiger partial charge in [-0.15, -0.1) is 0 Å². The number of imidazole rings is 1. The van der Waals surface area contributed by atoms with Crippen LogP contribution in [-0.2, 0) is 10.0 Å². The molecule has 3 rings (SSSR count). The largest absolute Gasteiger partial charge is 0.490 e. The van der Waals surface area contributed by atoms with Gasteiger partial charge in [-0.05, 0) is 37.1 Å². The summed E-state index contributed by atoms with van der Waals surface area (Å²) >= 11 is 6.46. The molecule has 0 bridgehead atoms. The summed E-state index contributed by atoms with van der Waals surface area (Å²) in [5.74, 6) is 1.44. The molecule has 6 nitrogen and oxygen atoms in total. The van der Waals surface area contributed by atoms with Crippen molar-refractivity contribution in [2.75, 3.05) is 13.2 Å². The standard InChI is InChI=1S/C21H23ClN2O4S/c1-4-27-19-13-16(12-18(22)20(19)28-14-15(2)3)21-23-10-11-24(21)29(25,26)17-8-6-5-7-9-17/h5-13,15H,4,14H2,1-3H3. The van der Waals surface area contributed by atoms with E-state index in [1.54, 1.807) is 42.5 Å². The quantitative estimate of drug-likeness (QED) is 0.505. The summed E-state index contributed by atoms with van der Waals surface area (Å²) in [5, 5.41) is 0.332. The maximum Gasteiger partial charge on any atom is 0.269 e. The van der Waals surface area contributed by atoms with Crippen molar-refractivity contribution in [1.82, 2.24) is 8.96 Å². The maximum atomic E-state index is 13.1. The SMILES string of the molecule is CCOc1cc(-c2nccn2S(=O)(=O)c2ccccc2)cc(Cl)c1OCC(C)C. The predicted octanol–water partition coefficient (Wildman–Crippen LogP) is 4.87. The first-order chi connectivity index (χ1) is 13.8. The van der Waals surface area contributed by atoms with Crippen molar-refractivity contribution in [3.8, 4) is 22.9 Å². The fourth-order valence-electron chi connectivity index (χ4n) is 2.74. The van der Waals surface area contributed by atoms with Crippen molar-refractivity contribution in [2.24, 2.45) is 5.92 Å². The molecule has 154 valence electrons. The van der Waals surface area contributed by atoms with Gasteiger partial charge in [-0.25, -0.2) is 17.4 Å². The van der Waals surface area contributed by atoms with Gasteiger partial charge >= 0.3 is 0 Å². The van der Waals surface area contributed by atoms with Gasteiger partial charge < -0.3 is 9.47 Å². The molecular weight excluding hydrogens is 412 g/mol. The molecule has 3 aromatic rings. The van der Waals surface area contributed by atoms with Crippen molar-refractivity contribution in [3.05, 3.63) is 59.9 Å². The van der Waals surface area contributed by atoms with E-state index in [4.69, 9.17) is 21.1 Å². The number of rotatable bonds is 8. The zero-order valence-electron chi connectivity index (χ0n) is 16.5. The minimum absolute atomic E-state index is 0.173. The summed E-state index contributed by atoms with van der Waals surface area (Å²) in [4.78, 5) is 4.43. The van der Waals surface area contributed by atoms with E-state index in [9.17, 15) is 8.42 Å². The van der Waals surface area contributed by atoms with Crippen LogP contribution in [0.4, 0.5) is 0 Å². The van der Waals surface area contributed by atoms with E-state index in [1.807, 2.05) is 20.8 Å². The van der Waals surface area contributed by atoms with Crippen LogP contribution in [0.25, 0.3) is 11.4 Å². The summed E-state index contributed by atoms with van der Waals surface area (Å²) in [6.07, 6.45) is 2.85. The summed E-state index contributed by atoms with van der Waals surface area (Å²) in [6.45, 7) is 6.82. The van der Waals surface area contributed by atoms with Crippen LogP contribution < -0.4 is 9.47 Å². The average Bonchev–Trinajstić information content (AvgIpc) is 3.19. The van der Waals surface area contributed by atoms with Gasteiger partial charge in [0.05, 0.1) is 23.1 Å². The molecular formula is C21H23ClN2O4S. The van der Waals surface area contributed by atoms with Crippen LogP contribution in [-0.4, -0.2) is 30.6 Å². The van der Waals surface area contributed by atoms with Crippen molar-refractivity contribution < 1.29 is 17.9 Å². The van der Waals surface area contributed by atoms with Crippen molar-refractivity contribution in [1.29, 1.82) is 0 Å². The third-order valence-electron chi connectivity index (χ3n) is 4.04. The summed E-state index contributed by atoms with van der Waals surface area (Å²) in [5.41, 5.74) is 0.514. The molecule has 0 saturated heterocycles. The molecule has 0 N–H and O–H groups in total.